The normalized spacial score (nSPS) is 13.4. The fourth-order valence-electron chi connectivity index (χ4n) is 1.32. The van der Waals surface area contributed by atoms with Gasteiger partial charge in [0, 0.05) is 12.1 Å². The van der Waals surface area contributed by atoms with E-state index in [9.17, 15) is 20.3 Å². The van der Waals surface area contributed by atoms with Crippen molar-refractivity contribution in [2.45, 2.75) is 18.6 Å². The van der Waals surface area contributed by atoms with Gasteiger partial charge in [0.05, 0.1) is 30.6 Å². The van der Waals surface area contributed by atoms with E-state index in [-0.39, 0.29) is 18.0 Å². The maximum atomic E-state index is 10.8. The first-order chi connectivity index (χ1) is 8.51. The number of aromatic nitrogens is 1. The summed E-state index contributed by atoms with van der Waals surface area (Å²) in [4.78, 5) is 13.8. The Labute approximate surface area is 102 Å². The Bertz CT molecular complexity index is 485. The maximum absolute atomic E-state index is 10.8. The van der Waals surface area contributed by atoms with Gasteiger partial charge in [-0.25, -0.2) is 4.98 Å². The van der Waals surface area contributed by atoms with Crippen LogP contribution in [0.4, 0.5) is 5.69 Å². The molecule has 0 bridgehead atoms. The molecular weight excluding hydrogens is 242 g/mol. The molecule has 18 heavy (non-hydrogen) atoms. The van der Waals surface area contributed by atoms with Crippen molar-refractivity contribution < 1.29 is 19.9 Å². The van der Waals surface area contributed by atoms with Crippen molar-refractivity contribution in [2.75, 3.05) is 7.11 Å². The number of nitriles is 1. The summed E-state index contributed by atoms with van der Waals surface area (Å²) in [5.41, 5.74) is -0.776. The summed E-state index contributed by atoms with van der Waals surface area (Å²) in [6.45, 7) is 0. The van der Waals surface area contributed by atoms with Crippen molar-refractivity contribution in [2.24, 2.45) is 0 Å². The quantitative estimate of drug-likeness (QED) is 0.570. The zero-order chi connectivity index (χ0) is 13.7. The van der Waals surface area contributed by atoms with Crippen LogP contribution in [-0.2, 0) is 0 Å². The lowest BCUT2D eigenvalue weighted by Gasteiger charge is -2.15. The smallest absolute Gasteiger partial charge is 0.293 e. The number of aliphatic hydroxyl groups excluding tert-OH is 2. The number of aliphatic hydroxyl groups is 2. The Balaban J connectivity index is 3.19. The van der Waals surface area contributed by atoms with Gasteiger partial charge in [-0.15, -0.1) is 0 Å². The molecule has 2 N–H and O–H groups in total. The molecule has 2 unspecified atom stereocenters. The summed E-state index contributed by atoms with van der Waals surface area (Å²) in [5, 5.41) is 38.4. The van der Waals surface area contributed by atoms with Gasteiger partial charge in [0.25, 0.3) is 5.69 Å². The lowest BCUT2D eigenvalue weighted by molar-refractivity contribution is -0.386. The summed E-state index contributed by atoms with van der Waals surface area (Å²) in [6, 6.07) is 4.04. The fourth-order valence-corrected chi connectivity index (χ4v) is 1.32. The average Bonchev–Trinajstić information content (AvgIpc) is 2.37. The van der Waals surface area contributed by atoms with Gasteiger partial charge in [0.2, 0.25) is 5.88 Å². The van der Waals surface area contributed by atoms with Crippen LogP contribution in [0.5, 0.6) is 5.88 Å². The summed E-state index contributed by atoms with van der Waals surface area (Å²) >= 11 is 0. The molecule has 0 aliphatic carbocycles. The Kier molecular flexibility index (Phi) is 4.53. The lowest BCUT2D eigenvalue weighted by atomic mass is 10.1. The largest absolute Gasteiger partial charge is 0.481 e. The van der Waals surface area contributed by atoms with E-state index in [1.54, 1.807) is 6.07 Å². The molecule has 1 rings (SSSR count). The summed E-state index contributed by atoms with van der Waals surface area (Å²) in [7, 11) is 1.32. The van der Waals surface area contributed by atoms with Crippen LogP contribution >= 0.6 is 0 Å². The first kappa shape index (κ1) is 13.8. The Morgan fingerprint density at radius 1 is 1.61 bits per heavy atom. The molecular formula is C10H11N3O5. The standard InChI is InChI=1S/C10H11N3O5/c1-18-8-3-2-6(13(16)17)9(12-8)10(15)7(14)4-5-11/h2-3,7,10,14-15H,4H2,1H3. The first-order valence-electron chi connectivity index (χ1n) is 4.93. The van der Waals surface area contributed by atoms with E-state index in [1.807, 2.05) is 0 Å². The minimum Gasteiger partial charge on any atom is -0.481 e. The molecule has 0 aromatic carbocycles. The van der Waals surface area contributed by atoms with Crippen molar-refractivity contribution >= 4 is 5.69 Å². The Morgan fingerprint density at radius 2 is 2.28 bits per heavy atom. The molecule has 0 saturated carbocycles. The zero-order valence-electron chi connectivity index (χ0n) is 9.48. The molecule has 0 spiro atoms. The molecule has 8 nitrogen and oxygen atoms in total. The van der Waals surface area contributed by atoms with E-state index in [1.165, 1.54) is 13.2 Å². The van der Waals surface area contributed by atoms with Crippen LogP contribution in [0.3, 0.4) is 0 Å². The molecule has 96 valence electrons. The first-order valence-corrected chi connectivity index (χ1v) is 4.93. The molecule has 1 aromatic rings. The number of ether oxygens (including phenoxy) is 1. The number of nitro groups is 1. The monoisotopic (exact) mass is 253 g/mol. The second kappa shape index (κ2) is 5.90. The van der Waals surface area contributed by atoms with E-state index in [0.29, 0.717) is 0 Å². The van der Waals surface area contributed by atoms with E-state index >= 15 is 0 Å². The third-order valence-electron chi connectivity index (χ3n) is 2.23. The number of hydrogen-bond acceptors (Lipinski definition) is 7. The van der Waals surface area contributed by atoms with Gasteiger partial charge < -0.3 is 14.9 Å². The molecule has 0 aliphatic rings. The zero-order valence-corrected chi connectivity index (χ0v) is 9.48. The van der Waals surface area contributed by atoms with Gasteiger partial charge in [-0.1, -0.05) is 0 Å². The fraction of sp³-hybridized carbons (Fsp3) is 0.400. The van der Waals surface area contributed by atoms with Crippen molar-refractivity contribution in [1.82, 2.24) is 4.98 Å². The van der Waals surface area contributed by atoms with Crippen LogP contribution in [0, 0.1) is 21.4 Å². The van der Waals surface area contributed by atoms with E-state index in [2.05, 4.69) is 4.98 Å². The van der Waals surface area contributed by atoms with Crippen LogP contribution in [0.1, 0.15) is 18.2 Å². The summed E-state index contributed by atoms with van der Waals surface area (Å²) in [6.07, 6.45) is -3.44. The topological polar surface area (TPSA) is 130 Å². The van der Waals surface area contributed by atoms with Crippen molar-refractivity contribution in [1.29, 1.82) is 5.26 Å². The highest BCUT2D eigenvalue weighted by molar-refractivity contribution is 5.39. The average molecular weight is 253 g/mol. The van der Waals surface area contributed by atoms with Gasteiger partial charge in [0.15, 0.2) is 5.69 Å². The van der Waals surface area contributed by atoms with Gasteiger partial charge in [-0.2, -0.15) is 5.26 Å². The SMILES string of the molecule is COc1ccc([N+](=O)[O-])c(C(O)C(O)CC#N)n1. The highest BCUT2D eigenvalue weighted by Crippen LogP contribution is 2.28. The Morgan fingerprint density at radius 3 is 2.78 bits per heavy atom. The van der Waals surface area contributed by atoms with Gasteiger partial charge >= 0.3 is 0 Å². The molecule has 1 heterocycles. The Hall–Kier alpha value is -2.24. The highest BCUT2D eigenvalue weighted by Gasteiger charge is 2.28. The van der Waals surface area contributed by atoms with Crippen LogP contribution in [-0.4, -0.2) is 33.3 Å². The second-order valence-electron chi connectivity index (χ2n) is 3.39. The van der Waals surface area contributed by atoms with Crippen LogP contribution in [0.25, 0.3) is 0 Å². The molecule has 0 fully saturated rings. The van der Waals surface area contributed by atoms with E-state index in [4.69, 9.17) is 10.00 Å². The number of methoxy groups -OCH3 is 1. The minimum atomic E-state index is -1.62. The highest BCUT2D eigenvalue weighted by atomic mass is 16.6. The second-order valence-corrected chi connectivity index (χ2v) is 3.39. The predicted octanol–water partition coefficient (Wildman–Crippen LogP) is 0.306. The molecule has 0 radical (unpaired) electrons. The van der Waals surface area contributed by atoms with Crippen LogP contribution in [0.15, 0.2) is 12.1 Å². The molecule has 2 atom stereocenters. The maximum Gasteiger partial charge on any atom is 0.293 e. The summed E-state index contributed by atoms with van der Waals surface area (Å²) in [5.74, 6) is 0.0683. The predicted molar refractivity (Wildman–Crippen MR) is 58.6 cm³/mol. The van der Waals surface area contributed by atoms with E-state index in [0.717, 1.165) is 6.07 Å². The van der Waals surface area contributed by atoms with Crippen LogP contribution < -0.4 is 4.74 Å². The molecule has 1 aromatic heterocycles. The van der Waals surface area contributed by atoms with Crippen LogP contribution in [0.2, 0.25) is 0 Å². The minimum absolute atomic E-state index is 0.0683. The number of pyridine rings is 1. The molecule has 8 heteroatoms. The van der Waals surface area contributed by atoms with Gasteiger partial charge in [-0.05, 0) is 0 Å². The number of rotatable bonds is 5. The van der Waals surface area contributed by atoms with E-state index < -0.39 is 22.8 Å². The molecule has 0 aliphatic heterocycles. The molecule has 0 saturated heterocycles. The third-order valence-corrected chi connectivity index (χ3v) is 2.23. The molecule has 0 amide bonds. The number of nitrogens with zero attached hydrogens (tertiary/aromatic N) is 3. The number of hydrogen-bond donors (Lipinski definition) is 2. The van der Waals surface area contributed by atoms with Crippen molar-refractivity contribution in [3.05, 3.63) is 27.9 Å². The lowest BCUT2D eigenvalue weighted by Crippen LogP contribution is -2.20. The third kappa shape index (κ3) is 2.91. The summed E-state index contributed by atoms with van der Waals surface area (Å²) < 4.78 is 4.79. The van der Waals surface area contributed by atoms with Gasteiger partial charge in [0.1, 0.15) is 6.10 Å². The van der Waals surface area contributed by atoms with Crippen molar-refractivity contribution in [3.8, 4) is 11.9 Å². The van der Waals surface area contributed by atoms with Gasteiger partial charge in [-0.3, -0.25) is 10.1 Å². The van der Waals surface area contributed by atoms with Crippen molar-refractivity contribution in [3.63, 3.8) is 0 Å².